The number of oxazole rings is 1. The Labute approximate surface area is 188 Å². The van der Waals surface area contributed by atoms with E-state index in [0.717, 1.165) is 49.4 Å². The smallest absolute Gasteiger partial charge is 0.236 e. The van der Waals surface area contributed by atoms with E-state index in [9.17, 15) is 0 Å². The van der Waals surface area contributed by atoms with Crippen molar-refractivity contribution in [2.24, 2.45) is 10.9 Å². The van der Waals surface area contributed by atoms with Crippen LogP contribution in [0, 0.1) is 5.92 Å². The van der Waals surface area contributed by atoms with Crippen LogP contribution in [0.25, 0.3) is 10.8 Å². The lowest BCUT2D eigenvalue weighted by Gasteiger charge is -2.37. The normalized spacial score (nSPS) is 16.6. The van der Waals surface area contributed by atoms with Gasteiger partial charge in [0.15, 0.2) is 5.96 Å². The molecule has 1 saturated heterocycles. The molecule has 1 unspecified atom stereocenters. The lowest BCUT2D eigenvalue weighted by Crippen LogP contribution is -2.52. The van der Waals surface area contributed by atoms with E-state index in [0.29, 0.717) is 24.4 Å². The molecule has 28 heavy (non-hydrogen) atoms. The zero-order chi connectivity index (χ0) is 19.1. The highest BCUT2D eigenvalue weighted by molar-refractivity contribution is 14.0. The molecule has 1 aliphatic rings. The van der Waals surface area contributed by atoms with Crippen molar-refractivity contribution < 1.29 is 9.15 Å². The molecule has 2 N–H and O–H groups in total. The Morgan fingerprint density at radius 1 is 1.32 bits per heavy atom. The molecule has 0 spiro atoms. The van der Waals surface area contributed by atoms with Gasteiger partial charge in [-0.15, -0.1) is 35.3 Å². The Morgan fingerprint density at radius 3 is 2.75 bits per heavy atom. The summed E-state index contributed by atoms with van der Waals surface area (Å²) in [6.45, 7) is 9.54. The van der Waals surface area contributed by atoms with E-state index in [2.05, 4.69) is 39.4 Å². The predicted octanol–water partition coefficient (Wildman–Crippen LogP) is 3.04. The molecule has 0 bridgehead atoms. The zero-order valence-corrected chi connectivity index (χ0v) is 19.8. The fourth-order valence-corrected chi connectivity index (χ4v) is 3.85. The lowest BCUT2D eigenvalue weighted by atomic mass is 10.0. The monoisotopic (exact) mass is 519 g/mol. The van der Waals surface area contributed by atoms with Crippen molar-refractivity contribution in [1.82, 2.24) is 20.5 Å². The van der Waals surface area contributed by atoms with E-state index in [1.165, 1.54) is 0 Å². The van der Waals surface area contributed by atoms with Gasteiger partial charge in [0.25, 0.3) is 0 Å². The van der Waals surface area contributed by atoms with Crippen LogP contribution >= 0.6 is 35.3 Å². The van der Waals surface area contributed by atoms with Gasteiger partial charge in [-0.1, -0.05) is 19.9 Å². The molecule has 156 valence electrons. The van der Waals surface area contributed by atoms with E-state index >= 15 is 0 Å². The quantitative estimate of drug-likeness (QED) is 0.333. The highest BCUT2D eigenvalue weighted by Crippen LogP contribution is 2.23. The second kappa shape index (κ2) is 11.7. The molecule has 2 aromatic rings. The summed E-state index contributed by atoms with van der Waals surface area (Å²) in [4.78, 5) is 12.4. The summed E-state index contributed by atoms with van der Waals surface area (Å²) in [5.74, 6) is 1.99. The average molecular weight is 519 g/mol. The topological polar surface area (TPSA) is 74.9 Å². The van der Waals surface area contributed by atoms with Crippen LogP contribution in [0.15, 0.2) is 33.2 Å². The Kier molecular flexibility index (Phi) is 9.69. The van der Waals surface area contributed by atoms with E-state index in [4.69, 9.17) is 9.15 Å². The van der Waals surface area contributed by atoms with Gasteiger partial charge in [-0.05, 0) is 17.4 Å². The summed E-state index contributed by atoms with van der Waals surface area (Å²) in [7, 11) is 1.79. The van der Waals surface area contributed by atoms with Crippen LogP contribution in [0.1, 0.15) is 19.5 Å². The van der Waals surface area contributed by atoms with Crippen molar-refractivity contribution in [3.63, 3.8) is 0 Å². The molecular weight excluding hydrogens is 489 g/mol. The molecule has 0 saturated carbocycles. The Balaban J connectivity index is 0.00000280. The van der Waals surface area contributed by atoms with Gasteiger partial charge in [0.05, 0.1) is 30.3 Å². The number of morpholine rings is 1. The maximum Gasteiger partial charge on any atom is 0.236 e. The van der Waals surface area contributed by atoms with Crippen molar-refractivity contribution in [2.75, 3.05) is 39.9 Å². The van der Waals surface area contributed by atoms with Crippen LogP contribution in [-0.2, 0) is 11.3 Å². The molecule has 3 rings (SSSR count). The van der Waals surface area contributed by atoms with Crippen LogP contribution in [0.3, 0.4) is 0 Å². The highest BCUT2D eigenvalue weighted by Gasteiger charge is 2.23. The molecule has 0 aromatic carbocycles. The highest BCUT2D eigenvalue weighted by atomic mass is 127. The van der Waals surface area contributed by atoms with Crippen molar-refractivity contribution in [1.29, 1.82) is 0 Å². The number of guanidine groups is 1. The summed E-state index contributed by atoms with van der Waals surface area (Å²) in [5.41, 5.74) is 0.856. The van der Waals surface area contributed by atoms with Crippen molar-refractivity contribution in [3.8, 4) is 10.8 Å². The van der Waals surface area contributed by atoms with Gasteiger partial charge < -0.3 is 19.8 Å². The number of nitrogens with zero attached hydrogens (tertiary/aromatic N) is 3. The molecule has 0 radical (unpaired) electrons. The summed E-state index contributed by atoms with van der Waals surface area (Å²) in [5, 5.41) is 8.79. The van der Waals surface area contributed by atoms with Crippen molar-refractivity contribution >= 4 is 41.3 Å². The van der Waals surface area contributed by atoms with Crippen LogP contribution in [0.4, 0.5) is 0 Å². The first-order valence-corrected chi connectivity index (χ1v) is 10.3. The minimum absolute atomic E-state index is 0. The average Bonchev–Trinajstić information content (AvgIpc) is 3.36. The third kappa shape index (κ3) is 6.43. The van der Waals surface area contributed by atoms with Gasteiger partial charge in [-0.2, -0.15) is 0 Å². The standard InChI is InChI=1S/C19H29N5O2S.HI/c1-14(2)16(24-6-8-25-9-7-24)12-22-19(20-3)21-11-15-13-26-18(23-15)17-5-4-10-27-17;/h4-5,10,13-14,16H,6-9,11-12H2,1-3H3,(H2,20,21,22);1H. The fraction of sp³-hybridized carbons (Fsp3) is 0.579. The number of aromatic nitrogens is 1. The first-order valence-electron chi connectivity index (χ1n) is 9.42. The number of hydrogen-bond acceptors (Lipinski definition) is 6. The Bertz CT molecular complexity index is 714. The van der Waals surface area contributed by atoms with Crippen LogP contribution in [0.2, 0.25) is 0 Å². The SMILES string of the molecule is CN=C(NCc1coc(-c2cccs2)n1)NCC(C(C)C)N1CCOCC1.I. The molecule has 1 atom stereocenters. The van der Waals surface area contributed by atoms with Gasteiger partial charge in [-0.25, -0.2) is 4.98 Å². The molecule has 7 nitrogen and oxygen atoms in total. The largest absolute Gasteiger partial charge is 0.443 e. The fourth-order valence-electron chi connectivity index (χ4n) is 3.19. The number of ether oxygens (including phenoxy) is 1. The van der Waals surface area contributed by atoms with Gasteiger partial charge in [0, 0.05) is 32.7 Å². The van der Waals surface area contributed by atoms with Gasteiger partial charge in [-0.3, -0.25) is 9.89 Å². The molecule has 0 amide bonds. The number of halogens is 1. The molecule has 0 aliphatic carbocycles. The molecule has 1 fully saturated rings. The van der Waals surface area contributed by atoms with Gasteiger partial charge >= 0.3 is 0 Å². The van der Waals surface area contributed by atoms with Gasteiger partial charge in [0.1, 0.15) is 6.26 Å². The minimum atomic E-state index is 0. The number of hydrogen-bond donors (Lipinski definition) is 2. The summed E-state index contributed by atoms with van der Waals surface area (Å²) in [6.07, 6.45) is 1.69. The molecule has 2 aromatic heterocycles. The van der Waals surface area contributed by atoms with Crippen molar-refractivity contribution in [2.45, 2.75) is 26.4 Å². The van der Waals surface area contributed by atoms with E-state index in [-0.39, 0.29) is 24.0 Å². The summed E-state index contributed by atoms with van der Waals surface area (Å²) >= 11 is 1.62. The number of nitrogens with one attached hydrogen (secondary N) is 2. The zero-order valence-electron chi connectivity index (χ0n) is 16.7. The summed E-state index contributed by atoms with van der Waals surface area (Å²) < 4.78 is 11.0. The first-order chi connectivity index (χ1) is 13.2. The molecule has 3 heterocycles. The van der Waals surface area contributed by atoms with Crippen LogP contribution < -0.4 is 10.6 Å². The van der Waals surface area contributed by atoms with Crippen LogP contribution in [0.5, 0.6) is 0 Å². The second-order valence-corrected chi connectivity index (χ2v) is 7.84. The van der Waals surface area contributed by atoms with Crippen molar-refractivity contribution in [3.05, 3.63) is 29.5 Å². The third-order valence-corrected chi connectivity index (χ3v) is 5.57. The van der Waals surface area contributed by atoms with E-state index in [1.807, 2.05) is 17.5 Å². The number of thiophene rings is 1. The number of aliphatic imine (C=N–C) groups is 1. The van der Waals surface area contributed by atoms with Crippen LogP contribution in [-0.4, -0.2) is 61.8 Å². The third-order valence-electron chi connectivity index (χ3n) is 4.71. The first kappa shape index (κ1) is 23.1. The minimum Gasteiger partial charge on any atom is -0.443 e. The maximum absolute atomic E-state index is 5.56. The predicted molar refractivity (Wildman–Crippen MR) is 124 cm³/mol. The molecule has 9 heteroatoms. The Hall–Kier alpha value is -1.17. The van der Waals surface area contributed by atoms with E-state index in [1.54, 1.807) is 24.6 Å². The summed E-state index contributed by atoms with van der Waals surface area (Å²) in [6, 6.07) is 4.45. The number of rotatable bonds is 7. The Morgan fingerprint density at radius 2 is 2.11 bits per heavy atom. The lowest BCUT2D eigenvalue weighted by molar-refractivity contribution is 0.00752. The van der Waals surface area contributed by atoms with E-state index < -0.39 is 0 Å². The molecular formula is C19H30IN5O2S. The maximum atomic E-state index is 5.56. The second-order valence-electron chi connectivity index (χ2n) is 6.89. The molecule has 1 aliphatic heterocycles. The van der Waals surface area contributed by atoms with Gasteiger partial charge in [0.2, 0.25) is 5.89 Å².